The van der Waals surface area contributed by atoms with Crippen LogP contribution in [-0.4, -0.2) is 71.5 Å². The Bertz CT molecular complexity index is 630. The number of nitrogens with zero attached hydrogens (tertiary/aromatic N) is 5. The summed E-state index contributed by atoms with van der Waals surface area (Å²) in [6.45, 7) is 11.1. The number of aliphatic imine (C=N–C) groups is 1. The van der Waals surface area contributed by atoms with Crippen LogP contribution in [0, 0.1) is 5.92 Å². The van der Waals surface area contributed by atoms with E-state index in [4.69, 9.17) is 9.73 Å². The van der Waals surface area contributed by atoms with Crippen LogP contribution in [0.1, 0.15) is 51.2 Å². The Hall–Kier alpha value is -0.940. The van der Waals surface area contributed by atoms with Gasteiger partial charge in [0.2, 0.25) is 0 Å². The Morgan fingerprint density at radius 3 is 2.83 bits per heavy atom. The second kappa shape index (κ2) is 12.7. The summed E-state index contributed by atoms with van der Waals surface area (Å²) >= 11 is 0. The van der Waals surface area contributed by atoms with E-state index in [0.29, 0.717) is 18.6 Å². The normalized spacial score (nSPS) is 21.2. The van der Waals surface area contributed by atoms with E-state index >= 15 is 0 Å². The van der Waals surface area contributed by atoms with Crippen molar-refractivity contribution in [3.63, 3.8) is 0 Å². The second-order valence-corrected chi connectivity index (χ2v) is 8.13. The Morgan fingerprint density at radius 1 is 1.31 bits per heavy atom. The highest BCUT2D eigenvalue weighted by atomic mass is 127. The van der Waals surface area contributed by atoms with Crippen molar-refractivity contribution in [2.24, 2.45) is 10.9 Å². The number of fused-ring (bicyclic) bond motifs is 1. The Kier molecular flexibility index (Phi) is 10.6. The van der Waals surface area contributed by atoms with Gasteiger partial charge in [0, 0.05) is 39.2 Å². The van der Waals surface area contributed by atoms with Gasteiger partial charge in [-0.25, -0.2) is 9.67 Å². The molecule has 1 saturated heterocycles. The van der Waals surface area contributed by atoms with E-state index in [1.165, 1.54) is 32.4 Å². The number of hydrogen-bond acceptors (Lipinski definition) is 5. The van der Waals surface area contributed by atoms with E-state index in [0.717, 1.165) is 56.6 Å². The lowest BCUT2D eigenvalue weighted by Gasteiger charge is -2.29. The molecule has 2 atom stereocenters. The average Bonchev–Trinajstić information content (AvgIpc) is 3.09. The molecule has 2 aliphatic heterocycles. The minimum absolute atomic E-state index is 0. The molecule has 3 heterocycles. The van der Waals surface area contributed by atoms with Crippen LogP contribution in [0.2, 0.25) is 0 Å². The van der Waals surface area contributed by atoms with E-state index < -0.39 is 0 Å². The smallest absolute Gasteiger partial charge is 0.191 e. The summed E-state index contributed by atoms with van der Waals surface area (Å²) < 4.78 is 7.16. The van der Waals surface area contributed by atoms with Crippen molar-refractivity contribution >= 4 is 29.9 Å². The summed E-state index contributed by atoms with van der Waals surface area (Å²) in [7, 11) is 1.68. The zero-order valence-electron chi connectivity index (χ0n) is 18.2. The zero-order chi connectivity index (χ0) is 19.8. The maximum Gasteiger partial charge on any atom is 0.191 e. The molecule has 29 heavy (non-hydrogen) atoms. The molecule has 1 fully saturated rings. The largest absolute Gasteiger partial charge is 0.377 e. The number of likely N-dealkylation sites (tertiary alicyclic amines) is 1. The van der Waals surface area contributed by atoms with Gasteiger partial charge in [-0.3, -0.25) is 4.99 Å². The molecule has 8 nitrogen and oxygen atoms in total. The molecule has 1 aromatic rings. The number of ether oxygens (including phenoxy) is 1. The number of hydrogen-bond donors (Lipinski definition) is 2. The highest BCUT2D eigenvalue weighted by Gasteiger charge is 2.22. The third-order valence-corrected chi connectivity index (χ3v) is 5.44. The van der Waals surface area contributed by atoms with E-state index in [1.54, 1.807) is 7.11 Å². The predicted molar refractivity (Wildman–Crippen MR) is 127 cm³/mol. The highest BCUT2D eigenvalue weighted by molar-refractivity contribution is 14.0. The fourth-order valence-corrected chi connectivity index (χ4v) is 4.07. The van der Waals surface area contributed by atoms with E-state index in [2.05, 4.69) is 39.5 Å². The maximum atomic E-state index is 5.15. The van der Waals surface area contributed by atoms with Gasteiger partial charge in [-0.15, -0.1) is 24.0 Å². The first kappa shape index (κ1) is 24.3. The van der Waals surface area contributed by atoms with Crippen LogP contribution >= 0.6 is 24.0 Å². The molecule has 2 aliphatic rings. The fourth-order valence-electron chi connectivity index (χ4n) is 4.07. The van der Waals surface area contributed by atoms with Crippen LogP contribution < -0.4 is 10.6 Å². The number of halogens is 1. The Morgan fingerprint density at radius 2 is 2.10 bits per heavy atom. The number of nitrogens with one attached hydrogen (secondary N) is 2. The molecule has 0 amide bonds. The summed E-state index contributed by atoms with van der Waals surface area (Å²) in [5.41, 5.74) is 0. The van der Waals surface area contributed by atoms with Crippen LogP contribution in [0.5, 0.6) is 0 Å². The van der Waals surface area contributed by atoms with Gasteiger partial charge < -0.3 is 20.3 Å². The van der Waals surface area contributed by atoms with Gasteiger partial charge in [-0.1, -0.05) is 13.3 Å². The summed E-state index contributed by atoms with van der Waals surface area (Å²) in [5, 5.41) is 11.6. The summed E-state index contributed by atoms with van der Waals surface area (Å²) in [6, 6.07) is 0.319. The first-order valence-electron chi connectivity index (χ1n) is 10.9. The SMILES string of the molecule is CCNC(=NCC(C)CN1CCCCC1)NC1CCc2nc(COC)nn2C1.I. The molecule has 9 heteroatoms. The first-order chi connectivity index (χ1) is 13.7. The molecule has 166 valence electrons. The lowest BCUT2D eigenvalue weighted by Crippen LogP contribution is -2.47. The summed E-state index contributed by atoms with van der Waals surface area (Å²) in [5.74, 6) is 3.31. The van der Waals surface area contributed by atoms with Crippen LogP contribution in [0.4, 0.5) is 0 Å². The monoisotopic (exact) mass is 519 g/mol. The molecule has 1 aromatic heterocycles. The van der Waals surface area contributed by atoms with Crippen molar-refractivity contribution in [1.82, 2.24) is 30.3 Å². The molecular weight excluding hydrogens is 481 g/mol. The van der Waals surface area contributed by atoms with Gasteiger partial charge >= 0.3 is 0 Å². The second-order valence-electron chi connectivity index (χ2n) is 8.13. The number of methoxy groups -OCH3 is 1. The van der Waals surface area contributed by atoms with Crippen LogP contribution in [0.3, 0.4) is 0 Å². The zero-order valence-corrected chi connectivity index (χ0v) is 20.5. The number of rotatable bonds is 8. The minimum Gasteiger partial charge on any atom is -0.377 e. The van der Waals surface area contributed by atoms with Crippen molar-refractivity contribution in [1.29, 1.82) is 0 Å². The van der Waals surface area contributed by atoms with E-state index in [-0.39, 0.29) is 24.0 Å². The molecular formula is C20H38IN7O. The third-order valence-electron chi connectivity index (χ3n) is 5.44. The summed E-state index contributed by atoms with van der Waals surface area (Å²) in [4.78, 5) is 12.0. The molecule has 2 unspecified atom stereocenters. The molecule has 0 aliphatic carbocycles. The Balaban J connectivity index is 0.00000300. The van der Waals surface area contributed by atoms with Crippen LogP contribution in [0.15, 0.2) is 4.99 Å². The minimum atomic E-state index is 0. The van der Waals surface area contributed by atoms with Gasteiger partial charge in [0.15, 0.2) is 11.8 Å². The number of aryl methyl sites for hydroxylation is 1. The van der Waals surface area contributed by atoms with Gasteiger partial charge in [-0.2, -0.15) is 5.10 Å². The van der Waals surface area contributed by atoms with Gasteiger partial charge in [-0.05, 0) is 45.2 Å². The third kappa shape index (κ3) is 7.67. The van der Waals surface area contributed by atoms with Crippen molar-refractivity contribution in [3.8, 4) is 0 Å². The Labute approximate surface area is 192 Å². The standard InChI is InChI=1S/C20H37N7O.HI/c1-4-21-20(22-12-16(2)13-26-10-6-5-7-11-26)23-17-8-9-19-24-18(15-28-3)25-27(19)14-17;/h16-17H,4-15H2,1-3H3,(H2,21,22,23);1H. The van der Waals surface area contributed by atoms with Gasteiger partial charge in [0.05, 0.1) is 6.54 Å². The highest BCUT2D eigenvalue weighted by Crippen LogP contribution is 2.14. The summed E-state index contributed by atoms with van der Waals surface area (Å²) in [6.07, 6.45) is 6.05. The molecule has 0 radical (unpaired) electrons. The van der Waals surface area contributed by atoms with Crippen molar-refractivity contribution in [2.75, 3.05) is 39.8 Å². The van der Waals surface area contributed by atoms with E-state index in [9.17, 15) is 0 Å². The van der Waals surface area contributed by atoms with Crippen molar-refractivity contribution < 1.29 is 4.74 Å². The van der Waals surface area contributed by atoms with Crippen molar-refractivity contribution in [2.45, 2.75) is 65.1 Å². The lowest BCUT2D eigenvalue weighted by atomic mass is 10.1. The quantitative estimate of drug-likeness (QED) is 0.311. The fraction of sp³-hybridized carbons (Fsp3) is 0.850. The molecule has 2 N–H and O–H groups in total. The average molecular weight is 519 g/mol. The molecule has 0 saturated carbocycles. The topological polar surface area (TPSA) is 79.6 Å². The predicted octanol–water partition coefficient (Wildman–Crippen LogP) is 2.03. The molecule has 3 rings (SSSR count). The van der Waals surface area contributed by atoms with Gasteiger partial charge in [0.1, 0.15) is 12.4 Å². The van der Waals surface area contributed by atoms with Gasteiger partial charge in [0.25, 0.3) is 0 Å². The number of piperidine rings is 1. The number of guanidine groups is 1. The molecule has 0 aromatic carbocycles. The number of aromatic nitrogens is 3. The molecule has 0 spiro atoms. The van der Waals surface area contributed by atoms with Crippen molar-refractivity contribution in [3.05, 3.63) is 11.6 Å². The van der Waals surface area contributed by atoms with Crippen LogP contribution in [-0.2, 0) is 24.3 Å². The van der Waals surface area contributed by atoms with Crippen LogP contribution in [0.25, 0.3) is 0 Å². The van der Waals surface area contributed by atoms with E-state index in [1.807, 2.05) is 4.68 Å². The lowest BCUT2D eigenvalue weighted by molar-refractivity contribution is 0.177. The maximum absolute atomic E-state index is 5.15. The first-order valence-corrected chi connectivity index (χ1v) is 10.9. The molecule has 0 bridgehead atoms.